The van der Waals surface area contributed by atoms with E-state index in [9.17, 15) is 18.4 Å². The molecule has 2 unspecified atom stereocenters. The summed E-state index contributed by atoms with van der Waals surface area (Å²) >= 11 is 0. The van der Waals surface area contributed by atoms with Crippen molar-refractivity contribution in [2.24, 2.45) is 5.92 Å². The van der Waals surface area contributed by atoms with E-state index >= 15 is 0 Å². The Bertz CT molecular complexity index is 562. The predicted molar refractivity (Wildman–Crippen MR) is 76.2 cm³/mol. The molecule has 0 heterocycles. The van der Waals surface area contributed by atoms with Crippen molar-refractivity contribution in [3.05, 3.63) is 35.4 Å². The van der Waals surface area contributed by atoms with Crippen LogP contribution in [0.5, 0.6) is 0 Å². The molecule has 1 fully saturated rings. The third-order valence-electron chi connectivity index (χ3n) is 3.94. The number of carbonyl (C=O) groups excluding carboxylic acids is 2. The Morgan fingerprint density at radius 2 is 2.00 bits per heavy atom. The molecule has 0 spiro atoms. The van der Waals surface area contributed by atoms with E-state index in [1.807, 2.05) is 0 Å². The second-order valence-corrected chi connectivity index (χ2v) is 5.64. The average Bonchev–Trinajstić information content (AvgIpc) is 2.47. The van der Waals surface area contributed by atoms with Crippen LogP contribution in [-0.4, -0.2) is 24.5 Å². The number of benzene rings is 1. The minimum atomic E-state index is -1.01. The first-order valence-electron chi connectivity index (χ1n) is 7.39. The van der Waals surface area contributed by atoms with Gasteiger partial charge in [-0.1, -0.05) is 19.8 Å². The molecular weight excluding hydrogens is 292 g/mol. The summed E-state index contributed by atoms with van der Waals surface area (Å²) in [6.45, 7) is 1.60. The molecule has 1 N–H and O–H groups in total. The van der Waals surface area contributed by atoms with Crippen LogP contribution in [0.25, 0.3) is 0 Å². The monoisotopic (exact) mass is 311 g/mol. The molecule has 4 nitrogen and oxygen atoms in total. The first-order chi connectivity index (χ1) is 10.5. The van der Waals surface area contributed by atoms with E-state index in [0.717, 1.165) is 37.8 Å². The van der Waals surface area contributed by atoms with E-state index in [2.05, 4.69) is 12.2 Å². The molecule has 0 radical (unpaired) electrons. The number of nitrogens with one attached hydrogen (secondary N) is 1. The van der Waals surface area contributed by atoms with Crippen molar-refractivity contribution in [3.8, 4) is 0 Å². The molecule has 1 aromatic rings. The standard InChI is InChI=1S/C16H19F2NO3/c1-10-4-2-3-5-14(10)19-15(20)9-22-16(21)12-7-6-11(17)8-13(12)18/h6-8,10,14H,2-5,9H2,1H3,(H,19,20). The molecule has 1 aliphatic rings. The van der Waals surface area contributed by atoms with Gasteiger partial charge in [-0.05, 0) is 30.9 Å². The van der Waals surface area contributed by atoms with Crippen LogP contribution in [0.15, 0.2) is 18.2 Å². The number of hydrogen-bond donors (Lipinski definition) is 1. The van der Waals surface area contributed by atoms with E-state index in [1.165, 1.54) is 0 Å². The Balaban J connectivity index is 1.84. The summed E-state index contributed by atoms with van der Waals surface area (Å²) in [5.74, 6) is -2.79. The Morgan fingerprint density at radius 3 is 2.68 bits per heavy atom. The predicted octanol–water partition coefficient (Wildman–Crippen LogP) is 2.82. The molecule has 0 saturated heterocycles. The zero-order valence-corrected chi connectivity index (χ0v) is 12.4. The van der Waals surface area contributed by atoms with Gasteiger partial charge in [-0.2, -0.15) is 0 Å². The van der Waals surface area contributed by atoms with Gasteiger partial charge >= 0.3 is 5.97 Å². The summed E-state index contributed by atoms with van der Waals surface area (Å²) in [5.41, 5.74) is -0.389. The zero-order valence-electron chi connectivity index (χ0n) is 12.4. The van der Waals surface area contributed by atoms with E-state index in [-0.39, 0.29) is 11.6 Å². The molecule has 0 aliphatic heterocycles. The van der Waals surface area contributed by atoms with E-state index in [1.54, 1.807) is 0 Å². The van der Waals surface area contributed by atoms with Crippen LogP contribution in [0.3, 0.4) is 0 Å². The molecule has 2 rings (SSSR count). The average molecular weight is 311 g/mol. The van der Waals surface area contributed by atoms with Gasteiger partial charge in [0.15, 0.2) is 6.61 Å². The van der Waals surface area contributed by atoms with E-state index in [4.69, 9.17) is 4.74 Å². The van der Waals surface area contributed by atoms with Crippen LogP contribution < -0.4 is 5.32 Å². The number of hydrogen-bond acceptors (Lipinski definition) is 3. The molecule has 22 heavy (non-hydrogen) atoms. The SMILES string of the molecule is CC1CCCCC1NC(=O)COC(=O)c1ccc(F)cc1F. The number of halogens is 2. The fourth-order valence-corrected chi connectivity index (χ4v) is 2.64. The maximum Gasteiger partial charge on any atom is 0.341 e. The molecule has 1 saturated carbocycles. The van der Waals surface area contributed by atoms with Gasteiger partial charge in [0, 0.05) is 12.1 Å². The van der Waals surface area contributed by atoms with Crippen LogP contribution in [0.1, 0.15) is 43.0 Å². The van der Waals surface area contributed by atoms with Gasteiger partial charge in [-0.3, -0.25) is 4.79 Å². The maximum atomic E-state index is 13.4. The number of ether oxygens (including phenoxy) is 1. The number of esters is 1. The molecular formula is C16H19F2NO3. The third-order valence-corrected chi connectivity index (χ3v) is 3.94. The molecule has 0 aromatic heterocycles. The highest BCUT2D eigenvalue weighted by molar-refractivity contribution is 5.91. The van der Waals surface area contributed by atoms with Crippen molar-refractivity contribution in [1.82, 2.24) is 5.32 Å². The van der Waals surface area contributed by atoms with Crippen molar-refractivity contribution >= 4 is 11.9 Å². The third kappa shape index (κ3) is 4.26. The fraction of sp³-hybridized carbons (Fsp3) is 0.500. The van der Waals surface area contributed by atoms with Gasteiger partial charge < -0.3 is 10.1 Å². The minimum absolute atomic E-state index is 0.0857. The first-order valence-corrected chi connectivity index (χ1v) is 7.39. The quantitative estimate of drug-likeness (QED) is 0.870. The molecule has 1 aromatic carbocycles. The summed E-state index contributed by atoms with van der Waals surface area (Å²) in [6, 6.07) is 2.64. The fourth-order valence-electron chi connectivity index (χ4n) is 2.64. The molecule has 120 valence electrons. The van der Waals surface area contributed by atoms with Crippen LogP contribution in [0, 0.1) is 17.6 Å². The summed E-state index contributed by atoms with van der Waals surface area (Å²) < 4.78 is 30.9. The van der Waals surface area contributed by atoms with Gasteiger partial charge in [0.05, 0.1) is 5.56 Å². The van der Waals surface area contributed by atoms with E-state index < -0.39 is 30.1 Å². The lowest BCUT2D eigenvalue weighted by Crippen LogP contribution is -2.42. The highest BCUT2D eigenvalue weighted by atomic mass is 19.1. The summed E-state index contributed by atoms with van der Waals surface area (Å²) in [6.07, 6.45) is 4.20. The number of amides is 1. The number of rotatable bonds is 4. The van der Waals surface area contributed by atoms with Crippen molar-refractivity contribution in [2.75, 3.05) is 6.61 Å². The van der Waals surface area contributed by atoms with Crippen LogP contribution in [0.2, 0.25) is 0 Å². The van der Waals surface area contributed by atoms with Crippen LogP contribution in [0.4, 0.5) is 8.78 Å². The highest BCUT2D eigenvalue weighted by Gasteiger charge is 2.23. The largest absolute Gasteiger partial charge is 0.452 e. The topological polar surface area (TPSA) is 55.4 Å². The van der Waals surface area contributed by atoms with Crippen molar-refractivity contribution in [2.45, 2.75) is 38.6 Å². The summed E-state index contributed by atoms with van der Waals surface area (Å²) in [4.78, 5) is 23.5. The Morgan fingerprint density at radius 1 is 1.27 bits per heavy atom. The minimum Gasteiger partial charge on any atom is -0.452 e. The summed E-state index contributed by atoms with van der Waals surface area (Å²) in [7, 11) is 0. The zero-order chi connectivity index (χ0) is 16.1. The second-order valence-electron chi connectivity index (χ2n) is 5.64. The van der Waals surface area contributed by atoms with Crippen molar-refractivity contribution in [3.63, 3.8) is 0 Å². The Labute approximate surface area is 127 Å². The molecule has 6 heteroatoms. The highest BCUT2D eigenvalue weighted by Crippen LogP contribution is 2.23. The van der Waals surface area contributed by atoms with Crippen molar-refractivity contribution in [1.29, 1.82) is 0 Å². The van der Waals surface area contributed by atoms with Gasteiger partial charge in [0.2, 0.25) is 0 Å². The lowest BCUT2D eigenvalue weighted by molar-refractivity contribution is -0.125. The Hall–Kier alpha value is -1.98. The first kappa shape index (κ1) is 16.4. The molecule has 0 bridgehead atoms. The molecule has 2 atom stereocenters. The second kappa shape index (κ2) is 7.33. The lowest BCUT2D eigenvalue weighted by Gasteiger charge is -2.29. The van der Waals surface area contributed by atoms with Gasteiger partial charge in [-0.25, -0.2) is 13.6 Å². The van der Waals surface area contributed by atoms with Crippen molar-refractivity contribution < 1.29 is 23.1 Å². The Kier molecular flexibility index (Phi) is 5.46. The number of carbonyl (C=O) groups is 2. The van der Waals surface area contributed by atoms with Crippen LogP contribution >= 0.6 is 0 Å². The van der Waals surface area contributed by atoms with Gasteiger partial charge in [0.25, 0.3) is 5.91 Å². The van der Waals surface area contributed by atoms with Gasteiger partial charge in [-0.15, -0.1) is 0 Å². The summed E-state index contributed by atoms with van der Waals surface area (Å²) in [5, 5.41) is 2.83. The van der Waals surface area contributed by atoms with Gasteiger partial charge in [0.1, 0.15) is 11.6 Å². The molecule has 1 amide bonds. The van der Waals surface area contributed by atoms with Crippen LogP contribution in [-0.2, 0) is 9.53 Å². The normalized spacial score (nSPS) is 21.2. The smallest absolute Gasteiger partial charge is 0.341 e. The van der Waals surface area contributed by atoms with E-state index in [0.29, 0.717) is 12.0 Å². The maximum absolute atomic E-state index is 13.4. The molecule has 1 aliphatic carbocycles. The lowest BCUT2D eigenvalue weighted by atomic mass is 9.86.